The summed E-state index contributed by atoms with van der Waals surface area (Å²) in [5, 5.41) is 16.8. The second-order valence-electron chi connectivity index (χ2n) is 6.60. The van der Waals surface area contributed by atoms with E-state index in [0.29, 0.717) is 30.3 Å². The van der Waals surface area contributed by atoms with E-state index in [9.17, 15) is 5.11 Å². The lowest BCUT2D eigenvalue weighted by Gasteiger charge is -2.21. The Bertz CT molecular complexity index is 886. The number of H-pyrrole nitrogens is 1. The van der Waals surface area contributed by atoms with E-state index in [1.54, 1.807) is 21.3 Å². The van der Waals surface area contributed by atoms with Crippen LogP contribution in [0.15, 0.2) is 48.7 Å². The molecule has 0 radical (unpaired) electrons. The van der Waals surface area contributed by atoms with Gasteiger partial charge in [-0.25, -0.2) is 0 Å². The molecule has 0 amide bonds. The average molecular weight is 397 g/mol. The van der Waals surface area contributed by atoms with Crippen molar-refractivity contribution in [3.05, 3.63) is 59.8 Å². The molecule has 2 N–H and O–H groups in total. The summed E-state index contributed by atoms with van der Waals surface area (Å²) >= 11 is 0. The molecule has 1 heterocycles. The van der Waals surface area contributed by atoms with Crippen LogP contribution in [-0.2, 0) is 13.1 Å². The molecule has 0 unspecified atom stereocenters. The minimum atomic E-state index is 0.0875. The van der Waals surface area contributed by atoms with E-state index in [2.05, 4.69) is 27.2 Å². The van der Waals surface area contributed by atoms with Crippen LogP contribution in [0, 0.1) is 0 Å². The third-order valence-electron chi connectivity index (χ3n) is 4.73. The van der Waals surface area contributed by atoms with Gasteiger partial charge in [0.25, 0.3) is 0 Å². The van der Waals surface area contributed by atoms with Gasteiger partial charge in [-0.1, -0.05) is 30.3 Å². The Morgan fingerprint density at radius 3 is 2.24 bits per heavy atom. The number of aliphatic hydroxyl groups is 1. The lowest BCUT2D eigenvalue weighted by molar-refractivity contribution is 0.184. The van der Waals surface area contributed by atoms with E-state index in [4.69, 9.17) is 14.2 Å². The summed E-state index contributed by atoms with van der Waals surface area (Å²) < 4.78 is 16.4. The van der Waals surface area contributed by atoms with E-state index in [1.165, 1.54) is 5.56 Å². The van der Waals surface area contributed by atoms with Crippen molar-refractivity contribution < 1.29 is 19.3 Å². The normalized spacial score (nSPS) is 10.9. The Kier molecular flexibility index (Phi) is 7.10. The minimum Gasteiger partial charge on any atom is -0.493 e. The fourth-order valence-corrected chi connectivity index (χ4v) is 3.34. The number of methoxy groups -OCH3 is 3. The highest BCUT2D eigenvalue weighted by Crippen LogP contribution is 2.41. The van der Waals surface area contributed by atoms with Crippen molar-refractivity contribution in [2.75, 3.05) is 34.5 Å². The Balaban J connectivity index is 1.90. The maximum atomic E-state index is 9.51. The van der Waals surface area contributed by atoms with Gasteiger partial charge >= 0.3 is 0 Å². The number of benzene rings is 2. The Morgan fingerprint density at radius 1 is 0.966 bits per heavy atom. The van der Waals surface area contributed by atoms with Crippen molar-refractivity contribution in [1.29, 1.82) is 0 Å². The number of ether oxygens (including phenoxy) is 3. The summed E-state index contributed by atoms with van der Waals surface area (Å²) in [6, 6.07) is 14.0. The first-order valence-electron chi connectivity index (χ1n) is 9.40. The zero-order valence-corrected chi connectivity index (χ0v) is 17.0. The Morgan fingerprint density at radius 2 is 1.66 bits per heavy atom. The standard InChI is InChI=1S/C22H27N3O4/c1-27-19-11-17(12-20(28-2)22(19)29-3)21-18(13-23-24-21)15-25(9-10-26)14-16-7-5-4-6-8-16/h4-8,11-13,26H,9-10,14-15H2,1-3H3,(H,23,24). The van der Waals surface area contributed by atoms with Crippen molar-refractivity contribution in [3.8, 4) is 28.5 Å². The second kappa shape index (κ2) is 9.95. The van der Waals surface area contributed by atoms with E-state index in [1.807, 2.05) is 36.5 Å². The molecule has 0 bridgehead atoms. The number of nitrogens with zero attached hydrogens (tertiary/aromatic N) is 2. The van der Waals surface area contributed by atoms with Crippen LogP contribution in [0.3, 0.4) is 0 Å². The molecule has 0 atom stereocenters. The summed E-state index contributed by atoms with van der Waals surface area (Å²) in [6.07, 6.45) is 1.81. The number of aromatic nitrogens is 2. The highest BCUT2D eigenvalue weighted by Gasteiger charge is 2.18. The molecule has 0 spiro atoms. The lowest BCUT2D eigenvalue weighted by atomic mass is 10.1. The molecule has 1 aromatic heterocycles. The number of nitrogens with one attached hydrogen (secondary N) is 1. The maximum Gasteiger partial charge on any atom is 0.203 e. The molecule has 0 aliphatic heterocycles. The third-order valence-corrected chi connectivity index (χ3v) is 4.73. The van der Waals surface area contributed by atoms with Gasteiger partial charge in [0.1, 0.15) is 0 Å². The molecule has 154 valence electrons. The maximum absolute atomic E-state index is 9.51. The molecular formula is C22H27N3O4. The summed E-state index contributed by atoms with van der Waals surface area (Å²) in [7, 11) is 4.77. The van der Waals surface area contributed by atoms with E-state index < -0.39 is 0 Å². The van der Waals surface area contributed by atoms with Crippen LogP contribution < -0.4 is 14.2 Å². The van der Waals surface area contributed by atoms with Gasteiger partial charge < -0.3 is 19.3 Å². The molecule has 7 heteroatoms. The first-order chi connectivity index (χ1) is 14.2. The Labute approximate surface area is 170 Å². The molecule has 0 saturated carbocycles. The van der Waals surface area contributed by atoms with Crippen LogP contribution in [0.25, 0.3) is 11.3 Å². The van der Waals surface area contributed by atoms with Crippen LogP contribution >= 0.6 is 0 Å². The molecule has 3 aromatic rings. The van der Waals surface area contributed by atoms with Crippen molar-refractivity contribution in [2.45, 2.75) is 13.1 Å². The molecular weight excluding hydrogens is 370 g/mol. The highest BCUT2D eigenvalue weighted by atomic mass is 16.5. The smallest absolute Gasteiger partial charge is 0.203 e. The first kappa shape index (κ1) is 20.7. The molecule has 2 aromatic carbocycles. The van der Waals surface area contributed by atoms with E-state index >= 15 is 0 Å². The zero-order valence-electron chi connectivity index (χ0n) is 17.0. The SMILES string of the molecule is COc1cc(-c2[nH]ncc2CN(CCO)Cc2ccccc2)cc(OC)c1OC. The minimum absolute atomic E-state index is 0.0875. The van der Waals surface area contributed by atoms with Crippen LogP contribution in [0.4, 0.5) is 0 Å². The summed E-state index contributed by atoms with van der Waals surface area (Å²) in [5.74, 6) is 1.71. The first-order valence-corrected chi connectivity index (χ1v) is 9.40. The molecule has 0 aliphatic carbocycles. The lowest BCUT2D eigenvalue weighted by Crippen LogP contribution is -2.26. The highest BCUT2D eigenvalue weighted by molar-refractivity contribution is 5.70. The fourth-order valence-electron chi connectivity index (χ4n) is 3.34. The van der Waals surface area contributed by atoms with Gasteiger partial charge in [0, 0.05) is 30.8 Å². The number of aromatic amines is 1. The largest absolute Gasteiger partial charge is 0.493 e. The third kappa shape index (κ3) is 4.88. The Hall–Kier alpha value is -3.03. The van der Waals surface area contributed by atoms with Crippen LogP contribution in [-0.4, -0.2) is 54.7 Å². The van der Waals surface area contributed by atoms with Gasteiger partial charge in [-0.2, -0.15) is 5.10 Å². The van der Waals surface area contributed by atoms with E-state index in [0.717, 1.165) is 23.4 Å². The van der Waals surface area contributed by atoms with Crippen molar-refractivity contribution in [1.82, 2.24) is 15.1 Å². The number of hydrogen-bond acceptors (Lipinski definition) is 6. The fraction of sp³-hybridized carbons (Fsp3) is 0.318. The molecule has 7 nitrogen and oxygen atoms in total. The van der Waals surface area contributed by atoms with Crippen molar-refractivity contribution in [3.63, 3.8) is 0 Å². The average Bonchev–Trinajstić information content (AvgIpc) is 3.21. The van der Waals surface area contributed by atoms with Crippen molar-refractivity contribution in [2.24, 2.45) is 0 Å². The molecule has 3 rings (SSSR count). The van der Waals surface area contributed by atoms with E-state index in [-0.39, 0.29) is 6.61 Å². The van der Waals surface area contributed by atoms with Crippen LogP contribution in [0.5, 0.6) is 17.2 Å². The number of aliphatic hydroxyl groups excluding tert-OH is 1. The molecule has 29 heavy (non-hydrogen) atoms. The van der Waals surface area contributed by atoms with Crippen molar-refractivity contribution >= 4 is 0 Å². The van der Waals surface area contributed by atoms with Crippen LogP contribution in [0.2, 0.25) is 0 Å². The molecule has 0 fully saturated rings. The quantitative estimate of drug-likeness (QED) is 0.547. The predicted molar refractivity (Wildman–Crippen MR) is 111 cm³/mol. The number of rotatable bonds is 10. The molecule has 0 saturated heterocycles. The molecule has 0 aliphatic rings. The number of hydrogen-bond donors (Lipinski definition) is 2. The monoisotopic (exact) mass is 397 g/mol. The van der Waals surface area contributed by atoms with Gasteiger partial charge in [0.05, 0.1) is 39.8 Å². The van der Waals surface area contributed by atoms with Gasteiger partial charge in [-0.15, -0.1) is 0 Å². The van der Waals surface area contributed by atoms with Gasteiger partial charge in [0.2, 0.25) is 5.75 Å². The van der Waals surface area contributed by atoms with Gasteiger partial charge in [-0.05, 0) is 17.7 Å². The van der Waals surface area contributed by atoms with Crippen LogP contribution in [0.1, 0.15) is 11.1 Å². The summed E-state index contributed by atoms with van der Waals surface area (Å²) in [5.41, 5.74) is 3.97. The topological polar surface area (TPSA) is 79.8 Å². The second-order valence-corrected chi connectivity index (χ2v) is 6.60. The summed E-state index contributed by atoms with van der Waals surface area (Å²) in [4.78, 5) is 2.18. The summed E-state index contributed by atoms with van der Waals surface area (Å²) in [6.45, 7) is 2.03. The van der Waals surface area contributed by atoms with Gasteiger partial charge in [-0.3, -0.25) is 10.00 Å². The van der Waals surface area contributed by atoms with Gasteiger partial charge in [0.15, 0.2) is 11.5 Å². The zero-order chi connectivity index (χ0) is 20.6. The predicted octanol–water partition coefficient (Wildman–Crippen LogP) is 3.10.